The van der Waals surface area contributed by atoms with Gasteiger partial charge in [0.15, 0.2) is 0 Å². The summed E-state index contributed by atoms with van der Waals surface area (Å²) in [6.07, 6.45) is 5.75. The third-order valence-corrected chi connectivity index (χ3v) is 4.35. The van der Waals surface area contributed by atoms with Gasteiger partial charge in [-0.3, -0.25) is 4.79 Å². The number of nitrogens with one attached hydrogen (secondary N) is 2. The van der Waals surface area contributed by atoms with Crippen LogP contribution in [0.1, 0.15) is 50.5 Å². The van der Waals surface area contributed by atoms with E-state index in [9.17, 15) is 9.90 Å². The first-order chi connectivity index (χ1) is 10.6. The lowest BCUT2D eigenvalue weighted by atomic mass is 9.93. The van der Waals surface area contributed by atoms with E-state index in [2.05, 4.69) is 29.7 Å². The Morgan fingerprint density at radius 3 is 2.64 bits per heavy atom. The number of amides is 1. The zero-order valence-electron chi connectivity index (χ0n) is 13.5. The Morgan fingerprint density at radius 2 is 1.91 bits per heavy atom. The van der Waals surface area contributed by atoms with Crippen molar-refractivity contribution in [1.82, 2.24) is 5.32 Å². The number of anilines is 1. The first kappa shape index (κ1) is 16.8. The predicted molar refractivity (Wildman–Crippen MR) is 89.9 cm³/mol. The fourth-order valence-corrected chi connectivity index (χ4v) is 2.92. The third-order valence-electron chi connectivity index (χ3n) is 4.35. The van der Waals surface area contributed by atoms with Crippen molar-refractivity contribution in [3.8, 4) is 0 Å². The van der Waals surface area contributed by atoms with Crippen LogP contribution in [0.2, 0.25) is 0 Å². The van der Waals surface area contributed by atoms with Crippen LogP contribution in [0.3, 0.4) is 0 Å². The van der Waals surface area contributed by atoms with Crippen molar-refractivity contribution in [2.45, 2.75) is 64.0 Å². The monoisotopic (exact) mass is 304 g/mol. The Balaban J connectivity index is 1.55. The highest BCUT2D eigenvalue weighted by molar-refractivity contribution is 5.76. The number of aliphatic hydroxyl groups is 1. The summed E-state index contributed by atoms with van der Waals surface area (Å²) in [5, 5.41) is 16.0. The average molecular weight is 304 g/mol. The summed E-state index contributed by atoms with van der Waals surface area (Å²) in [7, 11) is 0. The van der Waals surface area contributed by atoms with Crippen LogP contribution in [0.5, 0.6) is 0 Å². The molecule has 0 atom stereocenters. The van der Waals surface area contributed by atoms with E-state index in [4.69, 9.17) is 0 Å². The second kappa shape index (κ2) is 8.79. The minimum Gasteiger partial charge on any atom is -0.393 e. The predicted octanol–water partition coefficient (Wildman–Crippen LogP) is 3.00. The Hall–Kier alpha value is -1.55. The number of para-hydroxylation sites is 1. The molecule has 4 heteroatoms. The summed E-state index contributed by atoms with van der Waals surface area (Å²) < 4.78 is 0. The zero-order chi connectivity index (χ0) is 15.8. The quantitative estimate of drug-likeness (QED) is 0.679. The van der Waals surface area contributed by atoms with Crippen LogP contribution in [-0.2, 0) is 4.79 Å². The first-order valence-electron chi connectivity index (χ1n) is 8.42. The Labute approximate surface area is 133 Å². The van der Waals surface area contributed by atoms with Crippen molar-refractivity contribution in [1.29, 1.82) is 0 Å². The van der Waals surface area contributed by atoms with Crippen LogP contribution in [0, 0.1) is 6.92 Å². The molecule has 22 heavy (non-hydrogen) atoms. The molecule has 122 valence electrons. The lowest BCUT2D eigenvalue weighted by molar-refractivity contribution is -0.122. The van der Waals surface area contributed by atoms with Gasteiger partial charge < -0.3 is 15.7 Å². The Bertz CT molecular complexity index is 468. The maximum atomic E-state index is 11.9. The maximum absolute atomic E-state index is 11.9. The van der Waals surface area contributed by atoms with Crippen molar-refractivity contribution in [2.75, 3.05) is 11.9 Å². The molecule has 1 fully saturated rings. The molecule has 1 aromatic carbocycles. The van der Waals surface area contributed by atoms with Gasteiger partial charge >= 0.3 is 0 Å². The second-order valence-corrected chi connectivity index (χ2v) is 6.27. The molecular weight excluding hydrogens is 276 g/mol. The maximum Gasteiger partial charge on any atom is 0.220 e. The van der Waals surface area contributed by atoms with E-state index in [1.165, 1.54) is 11.3 Å². The van der Waals surface area contributed by atoms with Crippen LogP contribution < -0.4 is 10.6 Å². The van der Waals surface area contributed by atoms with E-state index < -0.39 is 0 Å². The number of hydrogen-bond acceptors (Lipinski definition) is 3. The van der Waals surface area contributed by atoms with Gasteiger partial charge in [0.2, 0.25) is 5.91 Å². The van der Waals surface area contributed by atoms with Crippen LogP contribution in [0.4, 0.5) is 5.69 Å². The minimum atomic E-state index is -0.166. The van der Waals surface area contributed by atoms with Gasteiger partial charge in [0.1, 0.15) is 0 Å². The highest BCUT2D eigenvalue weighted by Crippen LogP contribution is 2.18. The number of carbonyl (C=O) groups is 1. The molecule has 0 aromatic heterocycles. The summed E-state index contributed by atoms with van der Waals surface area (Å²) in [6, 6.07) is 8.51. The lowest BCUT2D eigenvalue weighted by Crippen LogP contribution is -2.38. The summed E-state index contributed by atoms with van der Waals surface area (Å²) in [5.74, 6) is 0.150. The van der Waals surface area contributed by atoms with Crippen molar-refractivity contribution < 1.29 is 9.90 Å². The fourth-order valence-electron chi connectivity index (χ4n) is 2.92. The minimum absolute atomic E-state index is 0.150. The van der Waals surface area contributed by atoms with Crippen LogP contribution in [-0.4, -0.2) is 29.7 Å². The topological polar surface area (TPSA) is 61.4 Å². The standard InChI is InChI=1S/C18H28N2O2/c1-14-6-2-3-7-17(14)19-13-5-4-8-18(22)20-15-9-11-16(21)12-10-15/h2-3,6-7,15-16,19,21H,4-5,8-13H2,1H3,(H,20,22). The van der Waals surface area contributed by atoms with E-state index in [0.29, 0.717) is 6.42 Å². The van der Waals surface area contributed by atoms with Gasteiger partial charge in [-0.1, -0.05) is 18.2 Å². The van der Waals surface area contributed by atoms with Crippen LogP contribution in [0.15, 0.2) is 24.3 Å². The SMILES string of the molecule is Cc1ccccc1NCCCCC(=O)NC1CCC(O)CC1. The lowest BCUT2D eigenvalue weighted by Gasteiger charge is -2.26. The molecule has 0 spiro atoms. The Kier molecular flexibility index (Phi) is 6.72. The fraction of sp³-hybridized carbons (Fsp3) is 0.611. The van der Waals surface area contributed by atoms with E-state index in [1.54, 1.807) is 0 Å². The van der Waals surface area contributed by atoms with Crippen molar-refractivity contribution >= 4 is 11.6 Å². The van der Waals surface area contributed by atoms with Crippen LogP contribution in [0.25, 0.3) is 0 Å². The van der Waals surface area contributed by atoms with E-state index in [-0.39, 0.29) is 18.1 Å². The molecule has 3 N–H and O–H groups in total. The number of aryl methyl sites for hydroxylation is 1. The molecule has 1 saturated carbocycles. The second-order valence-electron chi connectivity index (χ2n) is 6.27. The summed E-state index contributed by atoms with van der Waals surface area (Å²) in [4.78, 5) is 11.9. The highest BCUT2D eigenvalue weighted by Gasteiger charge is 2.20. The molecule has 2 rings (SSSR count). The normalized spacial score (nSPS) is 21.4. The van der Waals surface area contributed by atoms with Gasteiger partial charge in [-0.05, 0) is 57.1 Å². The molecule has 1 aliphatic rings. The van der Waals surface area contributed by atoms with Gasteiger partial charge in [-0.25, -0.2) is 0 Å². The molecule has 4 nitrogen and oxygen atoms in total. The average Bonchev–Trinajstić information content (AvgIpc) is 2.51. The summed E-state index contributed by atoms with van der Waals surface area (Å²) in [6.45, 7) is 2.99. The van der Waals surface area contributed by atoms with Gasteiger partial charge in [0.05, 0.1) is 6.10 Å². The number of rotatable bonds is 7. The van der Waals surface area contributed by atoms with E-state index in [0.717, 1.165) is 45.1 Å². The molecule has 1 aliphatic carbocycles. The van der Waals surface area contributed by atoms with Gasteiger partial charge in [0.25, 0.3) is 0 Å². The van der Waals surface area contributed by atoms with E-state index in [1.807, 2.05) is 12.1 Å². The van der Waals surface area contributed by atoms with Gasteiger partial charge in [-0.15, -0.1) is 0 Å². The smallest absolute Gasteiger partial charge is 0.220 e. The van der Waals surface area contributed by atoms with Crippen molar-refractivity contribution in [2.24, 2.45) is 0 Å². The number of unbranched alkanes of at least 4 members (excludes halogenated alkanes) is 1. The largest absolute Gasteiger partial charge is 0.393 e. The molecule has 0 radical (unpaired) electrons. The molecule has 0 saturated heterocycles. The van der Waals surface area contributed by atoms with Crippen molar-refractivity contribution in [3.63, 3.8) is 0 Å². The Morgan fingerprint density at radius 1 is 1.18 bits per heavy atom. The highest BCUT2D eigenvalue weighted by atomic mass is 16.3. The molecule has 0 unspecified atom stereocenters. The van der Waals surface area contributed by atoms with E-state index >= 15 is 0 Å². The molecular formula is C18H28N2O2. The van der Waals surface area contributed by atoms with Gasteiger partial charge in [0, 0.05) is 24.7 Å². The number of aliphatic hydroxyl groups excluding tert-OH is 1. The van der Waals surface area contributed by atoms with Crippen molar-refractivity contribution in [3.05, 3.63) is 29.8 Å². The summed E-state index contributed by atoms with van der Waals surface area (Å²) in [5.41, 5.74) is 2.42. The number of benzene rings is 1. The number of carbonyl (C=O) groups excluding carboxylic acids is 1. The van der Waals surface area contributed by atoms with Crippen LogP contribution >= 0.6 is 0 Å². The molecule has 1 amide bonds. The molecule has 1 aromatic rings. The molecule has 0 bridgehead atoms. The molecule has 0 heterocycles. The zero-order valence-corrected chi connectivity index (χ0v) is 13.5. The summed E-state index contributed by atoms with van der Waals surface area (Å²) >= 11 is 0. The first-order valence-corrected chi connectivity index (χ1v) is 8.42. The molecule has 0 aliphatic heterocycles. The number of hydrogen-bond donors (Lipinski definition) is 3. The van der Waals surface area contributed by atoms with Gasteiger partial charge in [-0.2, -0.15) is 0 Å². The third kappa shape index (κ3) is 5.68.